The number of nitrogens with zero attached hydrogens (tertiary/aromatic N) is 3. The molecule has 1 atom stereocenters. The van der Waals surface area contributed by atoms with Crippen molar-refractivity contribution in [1.29, 1.82) is 0 Å². The Bertz CT molecular complexity index is 1090. The highest BCUT2D eigenvalue weighted by Gasteiger charge is 2.36. The number of esters is 1. The molecule has 174 valence electrons. The second kappa shape index (κ2) is 10.5. The van der Waals surface area contributed by atoms with Crippen LogP contribution in [-0.4, -0.2) is 67.5 Å². The Morgan fingerprint density at radius 2 is 2.06 bits per heavy atom. The molecule has 4 rings (SSSR count). The Hall–Kier alpha value is -3.43. The van der Waals surface area contributed by atoms with Crippen molar-refractivity contribution in [2.45, 2.75) is 19.4 Å². The van der Waals surface area contributed by atoms with E-state index in [0.717, 1.165) is 11.0 Å². The van der Waals surface area contributed by atoms with Crippen LogP contribution >= 0.6 is 0 Å². The molecule has 0 saturated heterocycles. The predicted molar refractivity (Wildman–Crippen MR) is 121 cm³/mol. The Morgan fingerprint density at radius 3 is 2.79 bits per heavy atom. The van der Waals surface area contributed by atoms with Gasteiger partial charge in [0.05, 0.1) is 32.6 Å². The fourth-order valence-electron chi connectivity index (χ4n) is 3.80. The number of furan rings is 2. The van der Waals surface area contributed by atoms with Crippen LogP contribution in [0.2, 0.25) is 0 Å². The Balaban J connectivity index is 1.57. The molecule has 9 nitrogen and oxygen atoms in total. The van der Waals surface area contributed by atoms with Crippen molar-refractivity contribution in [3.63, 3.8) is 0 Å². The number of ether oxygens (including phenoxy) is 2. The molecule has 0 saturated carbocycles. The number of fused-ring (bicyclic) bond motifs is 1. The number of hydrazone groups is 1. The lowest BCUT2D eigenvalue weighted by molar-refractivity contribution is -0.145. The van der Waals surface area contributed by atoms with E-state index in [4.69, 9.17) is 18.3 Å². The van der Waals surface area contributed by atoms with Gasteiger partial charge in [0.2, 0.25) is 0 Å². The third-order valence-electron chi connectivity index (χ3n) is 5.38. The van der Waals surface area contributed by atoms with Crippen LogP contribution in [0, 0.1) is 0 Å². The van der Waals surface area contributed by atoms with Crippen LogP contribution in [0.5, 0.6) is 0 Å². The standard InChI is InChI=1S/C24H27N3O6/c1-3-31-24(29)16-26(10-12-30-2)15-23(28)27-19(21-9-6-11-32-21)14-18(25-27)22-13-17-7-4-5-8-20(17)33-22/h4-9,11,13,19H,3,10,12,14-16H2,1-2H3. The molecule has 0 radical (unpaired) electrons. The molecule has 3 heterocycles. The molecule has 3 aromatic rings. The molecule has 1 amide bonds. The van der Waals surface area contributed by atoms with E-state index in [-0.39, 0.29) is 25.6 Å². The van der Waals surface area contributed by atoms with E-state index in [1.54, 1.807) is 31.3 Å². The summed E-state index contributed by atoms with van der Waals surface area (Å²) in [5.41, 5.74) is 1.42. The summed E-state index contributed by atoms with van der Waals surface area (Å²) in [4.78, 5) is 27.0. The highest BCUT2D eigenvalue weighted by Crippen LogP contribution is 2.34. The molecule has 9 heteroatoms. The lowest BCUT2D eigenvalue weighted by Crippen LogP contribution is -2.42. The van der Waals surface area contributed by atoms with Crippen LogP contribution in [-0.2, 0) is 19.1 Å². The van der Waals surface area contributed by atoms with Crippen molar-refractivity contribution in [2.24, 2.45) is 5.10 Å². The largest absolute Gasteiger partial charge is 0.467 e. The summed E-state index contributed by atoms with van der Waals surface area (Å²) in [5.74, 6) is 0.595. The van der Waals surface area contributed by atoms with Gasteiger partial charge >= 0.3 is 5.97 Å². The van der Waals surface area contributed by atoms with Gasteiger partial charge in [-0.1, -0.05) is 18.2 Å². The van der Waals surface area contributed by atoms with Crippen molar-refractivity contribution >= 4 is 28.6 Å². The van der Waals surface area contributed by atoms with Crippen LogP contribution in [0.25, 0.3) is 11.0 Å². The lowest BCUT2D eigenvalue weighted by Gasteiger charge is -2.25. The Kier molecular flexibility index (Phi) is 7.21. The van der Waals surface area contributed by atoms with Gasteiger partial charge in [0.15, 0.2) is 5.76 Å². The van der Waals surface area contributed by atoms with Crippen LogP contribution < -0.4 is 0 Å². The van der Waals surface area contributed by atoms with Gasteiger partial charge in [0.25, 0.3) is 5.91 Å². The van der Waals surface area contributed by atoms with E-state index in [9.17, 15) is 9.59 Å². The molecule has 0 fully saturated rings. The van der Waals surface area contributed by atoms with Gasteiger partial charge in [0, 0.05) is 25.5 Å². The number of amides is 1. The number of benzene rings is 1. The van der Waals surface area contributed by atoms with Gasteiger partial charge in [-0.05, 0) is 31.2 Å². The fraction of sp³-hybridized carbons (Fsp3) is 0.375. The molecule has 1 unspecified atom stereocenters. The highest BCUT2D eigenvalue weighted by molar-refractivity contribution is 6.03. The van der Waals surface area contributed by atoms with Gasteiger partial charge in [-0.25, -0.2) is 5.01 Å². The maximum Gasteiger partial charge on any atom is 0.320 e. The average Bonchev–Trinajstić information content (AvgIpc) is 3.56. The minimum absolute atomic E-state index is 0.0116. The smallest absolute Gasteiger partial charge is 0.320 e. The topological polar surface area (TPSA) is 97.7 Å². The number of hydrogen-bond acceptors (Lipinski definition) is 8. The Morgan fingerprint density at radius 1 is 1.21 bits per heavy atom. The van der Waals surface area contributed by atoms with Gasteiger partial charge in [0.1, 0.15) is 23.1 Å². The Labute approximate surface area is 191 Å². The average molecular weight is 453 g/mol. The molecular formula is C24H27N3O6. The number of hydrogen-bond donors (Lipinski definition) is 0. The first-order valence-electron chi connectivity index (χ1n) is 10.9. The van der Waals surface area contributed by atoms with Gasteiger partial charge in [-0.3, -0.25) is 14.5 Å². The van der Waals surface area contributed by atoms with Crippen molar-refractivity contribution in [3.05, 3.63) is 60.2 Å². The summed E-state index contributed by atoms with van der Waals surface area (Å²) >= 11 is 0. The minimum atomic E-state index is -0.400. The molecule has 1 aliphatic rings. The van der Waals surface area contributed by atoms with Gasteiger partial charge < -0.3 is 18.3 Å². The first-order chi connectivity index (χ1) is 16.1. The summed E-state index contributed by atoms with van der Waals surface area (Å²) in [6.07, 6.45) is 2.03. The van der Waals surface area contributed by atoms with Crippen LogP contribution in [0.3, 0.4) is 0 Å². The monoisotopic (exact) mass is 453 g/mol. The summed E-state index contributed by atoms with van der Waals surface area (Å²) < 4.78 is 21.7. The molecule has 1 aromatic carbocycles. The summed E-state index contributed by atoms with van der Waals surface area (Å²) in [6.45, 7) is 2.78. The number of rotatable bonds is 10. The molecule has 0 bridgehead atoms. The summed E-state index contributed by atoms with van der Waals surface area (Å²) in [7, 11) is 1.57. The maximum absolute atomic E-state index is 13.3. The number of methoxy groups -OCH3 is 1. The van der Waals surface area contributed by atoms with Gasteiger partial charge in [-0.15, -0.1) is 0 Å². The third-order valence-corrected chi connectivity index (χ3v) is 5.38. The minimum Gasteiger partial charge on any atom is -0.467 e. The third kappa shape index (κ3) is 5.32. The van der Waals surface area contributed by atoms with Crippen molar-refractivity contribution in [1.82, 2.24) is 9.91 Å². The van der Waals surface area contributed by atoms with Crippen LogP contribution in [0.15, 0.2) is 62.7 Å². The molecule has 33 heavy (non-hydrogen) atoms. The molecule has 2 aromatic heterocycles. The zero-order chi connectivity index (χ0) is 23.2. The summed E-state index contributed by atoms with van der Waals surface area (Å²) in [5, 5.41) is 7.00. The first-order valence-corrected chi connectivity index (χ1v) is 10.9. The zero-order valence-electron chi connectivity index (χ0n) is 18.7. The van der Waals surface area contributed by atoms with E-state index in [2.05, 4.69) is 5.10 Å². The molecule has 0 N–H and O–H groups in total. The molecular weight excluding hydrogens is 426 g/mol. The number of carbonyl (C=O) groups excluding carboxylic acids is 2. The zero-order valence-corrected chi connectivity index (χ0v) is 18.7. The summed E-state index contributed by atoms with van der Waals surface area (Å²) in [6, 6.07) is 12.8. The second-order valence-corrected chi connectivity index (χ2v) is 7.68. The highest BCUT2D eigenvalue weighted by atomic mass is 16.5. The molecule has 0 aliphatic carbocycles. The van der Waals surface area contributed by atoms with Gasteiger partial charge in [-0.2, -0.15) is 5.10 Å². The van der Waals surface area contributed by atoms with Crippen molar-refractivity contribution in [2.75, 3.05) is 40.0 Å². The van der Waals surface area contributed by atoms with E-state index in [0.29, 0.717) is 36.8 Å². The lowest BCUT2D eigenvalue weighted by atomic mass is 10.1. The first kappa shape index (κ1) is 22.8. The molecule has 0 spiro atoms. The second-order valence-electron chi connectivity index (χ2n) is 7.68. The quantitative estimate of drug-likeness (QED) is 0.435. The van der Waals surface area contributed by atoms with E-state index >= 15 is 0 Å². The SMILES string of the molecule is CCOC(=O)CN(CCOC)CC(=O)N1N=C(c2cc3ccccc3o2)CC1c1ccco1. The van der Waals surface area contributed by atoms with Crippen molar-refractivity contribution < 1.29 is 27.9 Å². The maximum atomic E-state index is 13.3. The number of carbonyl (C=O) groups is 2. The predicted octanol–water partition coefficient (Wildman–Crippen LogP) is 3.22. The molecule has 1 aliphatic heterocycles. The van der Waals surface area contributed by atoms with Crippen LogP contribution in [0.4, 0.5) is 0 Å². The van der Waals surface area contributed by atoms with Crippen molar-refractivity contribution in [3.8, 4) is 0 Å². The van der Waals surface area contributed by atoms with E-state index in [1.807, 2.05) is 36.4 Å². The van der Waals surface area contributed by atoms with E-state index < -0.39 is 12.0 Å². The van der Waals surface area contributed by atoms with Crippen LogP contribution in [0.1, 0.15) is 30.9 Å². The fourth-order valence-corrected chi connectivity index (χ4v) is 3.80. The van der Waals surface area contributed by atoms with E-state index in [1.165, 1.54) is 5.01 Å². The number of para-hydroxylation sites is 1. The normalized spacial score (nSPS) is 15.9.